The number of hydrogen-bond donors (Lipinski definition) is 1. The van der Waals surface area contributed by atoms with E-state index >= 15 is 0 Å². The monoisotopic (exact) mass is 302 g/mol. The van der Waals surface area contributed by atoms with E-state index in [-0.39, 0.29) is 0 Å². The molecule has 0 unspecified atom stereocenters. The van der Waals surface area contributed by atoms with Gasteiger partial charge in [-0.05, 0) is 29.8 Å². The molecule has 22 heavy (non-hydrogen) atoms. The lowest BCUT2D eigenvalue weighted by molar-refractivity contribution is 0.323. The van der Waals surface area contributed by atoms with Gasteiger partial charge in [-0.15, -0.1) is 0 Å². The van der Waals surface area contributed by atoms with Crippen LogP contribution in [0.25, 0.3) is 0 Å². The quantitative estimate of drug-likeness (QED) is 0.759. The Morgan fingerprint density at radius 3 is 2.27 bits per heavy atom. The van der Waals surface area contributed by atoms with Gasteiger partial charge in [0.05, 0.1) is 21.3 Å². The first kappa shape index (κ1) is 16.1. The van der Waals surface area contributed by atoms with E-state index in [2.05, 4.69) is 10.3 Å². The summed E-state index contributed by atoms with van der Waals surface area (Å²) in [4.78, 5) is 4.30. The van der Waals surface area contributed by atoms with Crippen molar-refractivity contribution in [2.45, 2.75) is 13.0 Å². The van der Waals surface area contributed by atoms with Crippen LogP contribution < -0.4 is 19.5 Å². The summed E-state index contributed by atoms with van der Waals surface area (Å²) in [6.07, 6.45) is 2.71. The number of nitrogens with zero attached hydrogens (tertiary/aromatic N) is 1. The molecule has 0 radical (unpaired) electrons. The first-order valence-electron chi connectivity index (χ1n) is 7.18. The highest BCUT2D eigenvalue weighted by atomic mass is 16.5. The van der Waals surface area contributed by atoms with Gasteiger partial charge in [0.25, 0.3) is 0 Å². The summed E-state index contributed by atoms with van der Waals surface area (Å²) in [6.45, 7) is 1.58. The highest BCUT2D eigenvalue weighted by molar-refractivity contribution is 5.53. The fourth-order valence-electron chi connectivity index (χ4n) is 2.23. The first-order chi connectivity index (χ1) is 10.8. The van der Waals surface area contributed by atoms with Gasteiger partial charge in [0.1, 0.15) is 0 Å². The number of methoxy groups -OCH3 is 3. The van der Waals surface area contributed by atoms with Gasteiger partial charge in [0.15, 0.2) is 11.5 Å². The lowest BCUT2D eigenvalue weighted by atomic mass is 10.1. The Morgan fingerprint density at radius 2 is 1.73 bits per heavy atom. The number of benzene rings is 1. The van der Waals surface area contributed by atoms with Crippen molar-refractivity contribution in [3.63, 3.8) is 0 Å². The topological polar surface area (TPSA) is 52.6 Å². The number of ether oxygens (including phenoxy) is 3. The van der Waals surface area contributed by atoms with Crippen molar-refractivity contribution in [2.24, 2.45) is 0 Å². The normalized spacial score (nSPS) is 10.3. The summed E-state index contributed by atoms with van der Waals surface area (Å²) in [7, 11) is 4.84. The Balaban J connectivity index is 1.95. The predicted molar refractivity (Wildman–Crippen MR) is 85.7 cm³/mol. The molecule has 118 valence electrons. The van der Waals surface area contributed by atoms with Gasteiger partial charge in [-0.25, -0.2) is 0 Å². The summed E-state index contributed by atoms with van der Waals surface area (Å²) in [5, 5.41) is 3.40. The molecule has 0 amide bonds. The molecule has 0 atom stereocenters. The minimum absolute atomic E-state index is 0.613. The summed E-state index contributed by atoms with van der Waals surface area (Å²) < 4.78 is 16.0. The molecular formula is C17H22N2O3. The number of nitrogens with one attached hydrogen (secondary N) is 1. The van der Waals surface area contributed by atoms with Crippen LogP contribution in [0.15, 0.2) is 36.5 Å². The lowest BCUT2D eigenvalue weighted by Gasteiger charge is -2.14. The van der Waals surface area contributed by atoms with E-state index in [1.54, 1.807) is 21.3 Å². The van der Waals surface area contributed by atoms with Crippen LogP contribution in [0.4, 0.5) is 0 Å². The molecule has 1 N–H and O–H groups in total. The zero-order valence-electron chi connectivity index (χ0n) is 13.3. The Kier molecular flexibility index (Phi) is 6.03. The fraction of sp³-hybridized carbons (Fsp3) is 0.353. The molecular weight excluding hydrogens is 280 g/mol. The third-order valence-electron chi connectivity index (χ3n) is 3.34. The van der Waals surface area contributed by atoms with Gasteiger partial charge >= 0.3 is 0 Å². The summed E-state index contributed by atoms with van der Waals surface area (Å²) >= 11 is 0. The molecule has 2 rings (SSSR count). The highest BCUT2D eigenvalue weighted by Crippen LogP contribution is 2.38. The summed E-state index contributed by atoms with van der Waals surface area (Å²) in [5.74, 6) is 1.95. The first-order valence-corrected chi connectivity index (χ1v) is 7.18. The van der Waals surface area contributed by atoms with Crippen molar-refractivity contribution >= 4 is 0 Å². The van der Waals surface area contributed by atoms with Crippen LogP contribution in [-0.4, -0.2) is 32.9 Å². The van der Waals surface area contributed by atoms with Crippen LogP contribution in [0.2, 0.25) is 0 Å². The second-order valence-electron chi connectivity index (χ2n) is 4.78. The summed E-state index contributed by atoms with van der Waals surface area (Å²) in [6, 6.07) is 9.86. The maximum absolute atomic E-state index is 5.35. The van der Waals surface area contributed by atoms with Crippen LogP contribution in [0.3, 0.4) is 0 Å². The molecule has 0 bridgehead atoms. The Morgan fingerprint density at radius 1 is 1.00 bits per heavy atom. The molecule has 5 nitrogen and oxygen atoms in total. The van der Waals surface area contributed by atoms with Gasteiger partial charge in [0.2, 0.25) is 5.75 Å². The molecule has 1 aromatic heterocycles. The molecule has 5 heteroatoms. The molecule has 1 heterocycles. The Hall–Kier alpha value is -2.27. The smallest absolute Gasteiger partial charge is 0.203 e. The number of hydrogen-bond acceptors (Lipinski definition) is 5. The van der Waals surface area contributed by atoms with Crippen LogP contribution in [0, 0.1) is 0 Å². The van der Waals surface area contributed by atoms with Gasteiger partial charge in [-0.2, -0.15) is 0 Å². The molecule has 0 aliphatic heterocycles. The van der Waals surface area contributed by atoms with Crippen molar-refractivity contribution < 1.29 is 14.2 Å². The van der Waals surface area contributed by atoms with E-state index in [0.717, 1.165) is 30.8 Å². The third kappa shape index (κ3) is 4.11. The second kappa shape index (κ2) is 8.24. The van der Waals surface area contributed by atoms with Gasteiger partial charge < -0.3 is 19.5 Å². The Bertz CT molecular complexity index is 563. The number of aromatic nitrogens is 1. The molecule has 0 saturated heterocycles. The van der Waals surface area contributed by atoms with Crippen LogP contribution in [-0.2, 0) is 13.0 Å². The predicted octanol–water partition coefficient (Wildman–Crippen LogP) is 2.44. The van der Waals surface area contributed by atoms with Crippen molar-refractivity contribution in [3.8, 4) is 17.2 Å². The molecule has 2 aromatic rings. The minimum Gasteiger partial charge on any atom is -0.493 e. The maximum Gasteiger partial charge on any atom is 0.203 e. The maximum atomic E-state index is 5.35. The molecule has 0 aliphatic rings. The lowest BCUT2D eigenvalue weighted by Crippen LogP contribution is -2.17. The van der Waals surface area contributed by atoms with Crippen molar-refractivity contribution in [1.29, 1.82) is 0 Å². The van der Waals surface area contributed by atoms with Crippen LogP contribution >= 0.6 is 0 Å². The Labute approximate surface area is 131 Å². The number of pyridine rings is 1. The molecule has 0 aliphatic carbocycles. The van der Waals surface area contributed by atoms with Crippen LogP contribution in [0.1, 0.15) is 11.3 Å². The van der Waals surface area contributed by atoms with E-state index in [9.17, 15) is 0 Å². The van der Waals surface area contributed by atoms with Gasteiger partial charge in [0, 0.05) is 31.4 Å². The molecule has 0 fully saturated rings. The van der Waals surface area contributed by atoms with E-state index in [1.807, 2.05) is 36.5 Å². The third-order valence-corrected chi connectivity index (χ3v) is 3.34. The number of rotatable bonds is 8. The summed E-state index contributed by atoms with van der Waals surface area (Å²) in [5.41, 5.74) is 2.16. The SMILES string of the molecule is COc1cc(CNCCc2ccccn2)cc(OC)c1OC. The largest absolute Gasteiger partial charge is 0.493 e. The average molecular weight is 302 g/mol. The van der Waals surface area contributed by atoms with E-state index in [4.69, 9.17) is 14.2 Å². The van der Waals surface area contributed by atoms with Crippen molar-refractivity contribution in [1.82, 2.24) is 10.3 Å². The van der Waals surface area contributed by atoms with Gasteiger partial charge in [-0.1, -0.05) is 6.07 Å². The minimum atomic E-state index is 0.613. The van der Waals surface area contributed by atoms with Crippen LogP contribution in [0.5, 0.6) is 17.2 Å². The van der Waals surface area contributed by atoms with E-state index in [1.165, 1.54) is 0 Å². The zero-order valence-corrected chi connectivity index (χ0v) is 13.3. The second-order valence-corrected chi connectivity index (χ2v) is 4.78. The standard InChI is InChI=1S/C17H22N2O3/c1-20-15-10-13(11-16(21-2)17(15)22-3)12-18-9-7-14-6-4-5-8-19-14/h4-6,8,10-11,18H,7,9,12H2,1-3H3. The molecule has 1 aromatic carbocycles. The van der Waals surface area contributed by atoms with Crippen molar-refractivity contribution in [2.75, 3.05) is 27.9 Å². The average Bonchev–Trinajstić information content (AvgIpc) is 2.58. The van der Waals surface area contributed by atoms with Gasteiger partial charge in [-0.3, -0.25) is 4.98 Å². The van der Waals surface area contributed by atoms with E-state index in [0.29, 0.717) is 17.2 Å². The zero-order chi connectivity index (χ0) is 15.8. The fourth-order valence-corrected chi connectivity index (χ4v) is 2.23. The van der Waals surface area contributed by atoms with Crippen molar-refractivity contribution in [3.05, 3.63) is 47.8 Å². The van der Waals surface area contributed by atoms with E-state index < -0.39 is 0 Å². The molecule has 0 spiro atoms. The highest BCUT2D eigenvalue weighted by Gasteiger charge is 2.12. The molecule has 0 saturated carbocycles.